The molecule has 0 atom stereocenters. The van der Waals surface area contributed by atoms with E-state index in [9.17, 15) is 13.0 Å². The SMILES string of the molecule is CCCCCCCCCCCCCOCCOCCOS(=O)(=O)[O-].[Na+]. The Kier molecular flexibility index (Phi) is 23.6. The Bertz CT molecular complexity index is 351. The monoisotopic (exact) mass is 390 g/mol. The zero-order valence-corrected chi connectivity index (χ0v) is 19.0. The van der Waals surface area contributed by atoms with Crippen LogP contribution in [0, 0.1) is 0 Å². The molecule has 25 heavy (non-hydrogen) atoms. The van der Waals surface area contributed by atoms with Crippen LogP contribution < -0.4 is 29.6 Å². The minimum absolute atomic E-state index is 0. The van der Waals surface area contributed by atoms with E-state index >= 15 is 0 Å². The maximum atomic E-state index is 10.1. The predicted molar refractivity (Wildman–Crippen MR) is 93.7 cm³/mol. The molecule has 0 aliphatic rings. The molecule has 0 N–H and O–H groups in total. The van der Waals surface area contributed by atoms with Crippen molar-refractivity contribution < 1.29 is 56.2 Å². The summed E-state index contributed by atoms with van der Waals surface area (Å²) >= 11 is 0. The quantitative estimate of drug-likeness (QED) is 0.140. The molecular weight excluding hydrogens is 355 g/mol. The van der Waals surface area contributed by atoms with E-state index in [4.69, 9.17) is 9.47 Å². The molecule has 0 aliphatic carbocycles. The first-order valence-corrected chi connectivity index (χ1v) is 10.7. The van der Waals surface area contributed by atoms with Crippen LogP contribution in [-0.2, 0) is 24.1 Å². The summed E-state index contributed by atoms with van der Waals surface area (Å²) in [5.41, 5.74) is 0. The molecule has 0 aromatic heterocycles. The second-order valence-electron chi connectivity index (χ2n) is 5.99. The van der Waals surface area contributed by atoms with Crippen LogP contribution in [0.15, 0.2) is 0 Å². The van der Waals surface area contributed by atoms with Gasteiger partial charge in [-0.3, -0.25) is 4.18 Å². The average molecular weight is 391 g/mol. The summed E-state index contributed by atoms with van der Waals surface area (Å²) in [6.07, 6.45) is 14.4. The van der Waals surface area contributed by atoms with E-state index in [-0.39, 0.29) is 42.8 Å². The smallest absolute Gasteiger partial charge is 0.726 e. The molecule has 0 radical (unpaired) electrons. The number of hydrogen-bond donors (Lipinski definition) is 0. The maximum absolute atomic E-state index is 10.1. The first-order valence-electron chi connectivity index (χ1n) is 9.32. The number of unbranched alkanes of at least 4 members (excludes halogenated alkanes) is 10. The van der Waals surface area contributed by atoms with Crippen molar-refractivity contribution in [1.29, 1.82) is 0 Å². The van der Waals surface area contributed by atoms with Gasteiger partial charge >= 0.3 is 29.6 Å². The van der Waals surface area contributed by atoms with Crippen LogP contribution in [0.5, 0.6) is 0 Å². The molecule has 0 rings (SSSR count). The molecule has 0 aromatic rings. The summed E-state index contributed by atoms with van der Waals surface area (Å²) in [5.74, 6) is 0. The normalized spacial score (nSPS) is 11.4. The number of hydrogen-bond acceptors (Lipinski definition) is 6. The first kappa shape index (κ1) is 28.0. The Labute approximate surface area is 176 Å². The number of ether oxygens (including phenoxy) is 2. The van der Waals surface area contributed by atoms with Gasteiger partial charge in [0.1, 0.15) is 0 Å². The van der Waals surface area contributed by atoms with Crippen LogP contribution in [0.4, 0.5) is 0 Å². The Balaban J connectivity index is 0. The van der Waals surface area contributed by atoms with Gasteiger partial charge in [0.25, 0.3) is 0 Å². The van der Waals surface area contributed by atoms with Gasteiger partial charge in [0.15, 0.2) is 0 Å². The third-order valence-corrected chi connectivity index (χ3v) is 4.17. The zero-order valence-electron chi connectivity index (χ0n) is 16.2. The molecule has 0 fully saturated rings. The minimum atomic E-state index is -4.61. The molecule has 0 saturated carbocycles. The van der Waals surface area contributed by atoms with Crippen molar-refractivity contribution in [2.24, 2.45) is 0 Å². The van der Waals surface area contributed by atoms with Crippen molar-refractivity contribution in [3.05, 3.63) is 0 Å². The van der Waals surface area contributed by atoms with Gasteiger partial charge in [-0.05, 0) is 6.42 Å². The Morgan fingerprint density at radius 2 is 1.04 bits per heavy atom. The van der Waals surface area contributed by atoms with Crippen LogP contribution >= 0.6 is 0 Å². The van der Waals surface area contributed by atoms with E-state index in [0.717, 1.165) is 13.0 Å². The molecule has 0 aromatic carbocycles. The molecule has 0 bridgehead atoms. The van der Waals surface area contributed by atoms with E-state index in [1.165, 1.54) is 64.2 Å². The van der Waals surface area contributed by atoms with Crippen LogP contribution in [0.1, 0.15) is 77.6 Å². The molecule has 0 amide bonds. The van der Waals surface area contributed by atoms with Crippen molar-refractivity contribution in [3.8, 4) is 0 Å². The number of rotatable bonds is 19. The summed E-state index contributed by atoms with van der Waals surface area (Å²) in [6, 6.07) is 0. The summed E-state index contributed by atoms with van der Waals surface area (Å²) < 4.78 is 44.9. The third-order valence-electron chi connectivity index (χ3n) is 3.72. The molecule has 0 unspecified atom stereocenters. The van der Waals surface area contributed by atoms with Crippen LogP contribution in [-0.4, -0.2) is 46.0 Å². The molecule has 6 nitrogen and oxygen atoms in total. The Morgan fingerprint density at radius 3 is 1.52 bits per heavy atom. The van der Waals surface area contributed by atoms with Crippen molar-refractivity contribution in [2.45, 2.75) is 77.6 Å². The Morgan fingerprint density at radius 1 is 0.640 bits per heavy atom. The van der Waals surface area contributed by atoms with E-state index in [1.54, 1.807) is 0 Å². The largest absolute Gasteiger partial charge is 1.00 e. The zero-order chi connectivity index (χ0) is 17.9. The van der Waals surface area contributed by atoms with Gasteiger partial charge in [-0.1, -0.05) is 71.1 Å². The van der Waals surface area contributed by atoms with Crippen molar-refractivity contribution in [1.82, 2.24) is 0 Å². The summed E-state index contributed by atoms with van der Waals surface area (Å²) in [5, 5.41) is 0. The van der Waals surface area contributed by atoms with Gasteiger partial charge in [-0.2, -0.15) is 0 Å². The second kappa shape index (κ2) is 21.1. The third kappa shape index (κ3) is 27.1. The maximum Gasteiger partial charge on any atom is 1.00 e. The minimum Gasteiger partial charge on any atom is -0.726 e. The van der Waals surface area contributed by atoms with Gasteiger partial charge < -0.3 is 14.0 Å². The molecule has 0 spiro atoms. The van der Waals surface area contributed by atoms with Crippen molar-refractivity contribution >= 4 is 10.4 Å². The molecule has 146 valence electrons. The average Bonchev–Trinajstić information content (AvgIpc) is 2.52. The van der Waals surface area contributed by atoms with E-state index in [1.807, 2.05) is 0 Å². The molecule has 0 heterocycles. The predicted octanol–water partition coefficient (Wildman–Crippen LogP) is 0.811. The van der Waals surface area contributed by atoms with E-state index in [2.05, 4.69) is 11.1 Å². The fourth-order valence-electron chi connectivity index (χ4n) is 2.39. The fourth-order valence-corrected chi connectivity index (χ4v) is 2.66. The summed E-state index contributed by atoms with van der Waals surface area (Å²) in [6.45, 7) is 3.65. The molecule has 8 heteroatoms. The van der Waals surface area contributed by atoms with Gasteiger partial charge in [0.05, 0.1) is 26.4 Å². The van der Waals surface area contributed by atoms with E-state index in [0.29, 0.717) is 13.2 Å². The first-order chi connectivity index (χ1) is 11.6. The summed E-state index contributed by atoms with van der Waals surface area (Å²) in [4.78, 5) is 0. The van der Waals surface area contributed by atoms with E-state index < -0.39 is 10.4 Å². The molecular formula is C17H35NaO6S. The molecule has 0 saturated heterocycles. The van der Waals surface area contributed by atoms with Crippen LogP contribution in [0.2, 0.25) is 0 Å². The standard InChI is InChI=1S/C17H36O6S.Na/c1-2-3-4-5-6-7-8-9-10-11-12-13-21-14-15-22-16-17-23-24(18,19)20;/h2-17H2,1H3,(H,18,19,20);/q;+1/p-1. The van der Waals surface area contributed by atoms with Crippen LogP contribution in [0.3, 0.4) is 0 Å². The van der Waals surface area contributed by atoms with Gasteiger partial charge in [-0.25, -0.2) is 8.42 Å². The Hall–Kier alpha value is 0.790. The van der Waals surface area contributed by atoms with Crippen LogP contribution in [0.25, 0.3) is 0 Å². The molecule has 0 aliphatic heterocycles. The van der Waals surface area contributed by atoms with Gasteiger partial charge in [-0.15, -0.1) is 0 Å². The van der Waals surface area contributed by atoms with Crippen molar-refractivity contribution in [2.75, 3.05) is 33.0 Å². The van der Waals surface area contributed by atoms with Crippen molar-refractivity contribution in [3.63, 3.8) is 0 Å². The summed E-state index contributed by atoms with van der Waals surface area (Å²) in [7, 11) is -4.61. The van der Waals surface area contributed by atoms with Gasteiger partial charge in [0, 0.05) is 6.61 Å². The van der Waals surface area contributed by atoms with Gasteiger partial charge in [0.2, 0.25) is 10.4 Å². The topological polar surface area (TPSA) is 84.9 Å². The fraction of sp³-hybridized carbons (Fsp3) is 1.00. The second-order valence-corrected chi connectivity index (χ2v) is 7.04.